The number of carbonyl (C=O) groups excluding carboxylic acids is 1. The van der Waals surface area contributed by atoms with Crippen molar-refractivity contribution < 1.29 is 14.3 Å². The van der Waals surface area contributed by atoms with E-state index in [1.54, 1.807) is 6.07 Å². The summed E-state index contributed by atoms with van der Waals surface area (Å²) in [6.45, 7) is 2.77. The molecule has 1 saturated carbocycles. The highest BCUT2D eigenvalue weighted by Crippen LogP contribution is 2.31. The number of benzene rings is 1. The van der Waals surface area contributed by atoms with Gasteiger partial charge in [-0.15, -0.1) is 0 Å². The van der Waals surface area contributed by atoms with E-state index < -0.39 is 0 Å². The maximum Gasteiger partial charge on any atom is 0.253 e. The van der Waals surface area contributed by atoms with Gasteiger partial charge < -0.3 is 20.1 Å². The Balaban J connectivity index is 1.37. The van der Waals surface area contributed by atoms with Crippen molar-refractivity contribution in [2.45, 2.75) is 44.2 Å². The van der Waals surface area contributed by atoms with Crippen molar-refractivity contribution in [3.8, 4) is 11.3 Å². The fourth-order valence-corrected chi connectivity index (χ4v) is 4.87. The zero-order valence-electron chi connectivity index (χ0n) is 19.4. The maximum absolute atomic E-state index is 12.5. The van der Waals surface area contributed by atoms with Crippen molar-refractivity contribution in [1.82, 2.24) is 19.7 Å². The van der Waals surface area contributed by atoms with E-state index in [-0.39, 0.29) is 18.1 Å². The van der Waals surface area contributed by atoms with Gasteiger partial charge in [0.25, 0.3) is 5.91 Å². The largest absolute Gasteiger partial charge is 0.377 e. The second kappa shape index (κ2) is 9.60. The highest BCUT2D eigenvalue weighted by atomic mass is 35.5. The van der Waals surface area contributed by atoms with Gasteiger partial charge in [-0.1, -0.05) is 23.7 Å². The van der Waals surface area contributed by atoms with Crippen molar-refractivity contribution in [3.05, 3.63) is 52.9 Å². The number of hydrogen-bond acceptors (Lipinski definition) is 6. The summed E-state index contributed by atoms with van der Waals surface area (Å²) in [7, 11) is 0. The fourth-order valence-electron chi connectivity index (χ4n) is 4.60. The third-order valence-electron chi connectivity index (χ3n) is 6.73. The fraction of sp³-hybridized carbons (Fsp3) is 0.423. The van der Waals surface area contributed by atoms with Gasteiger partial charge in [0.15, 0.2) is 11.5 Å². The number of fused-ring (bicyclic) bond motifs is 1. The van der Waals surface area contributed by atoms with E-state index in [9.17, 15) is 4.79 Å². The smallest absolute Gasteiger partial charge is 0.253 e. The standard InChI is InChI=1S/C26H28ClN5O3/c27-21-12-17(3-6-20(21)26(33)30-18-4-5-18)23-14-29-25-24(28-13-19-2-1-9-35-19)31-22(15-32(23)25)16-7-10-34-11-8-16/h3,6-7,12,14-15,18-19H,1-2,4-5,8-11,13H2,(H,28,31)(H,30,33). The molecule has 2 aromatic heterocycles. The van der Waals surface area contributed by atoms with Crippen molar-refractivity contribution in [2.75, 3.05) is 31.7 Å². The van der Waals surface area contributed by atoms with Crippen molar-refractivity contribution in [2.24, 2.45) is 0 Å². The first-order valence-corrected chi connectivity index (χ1v) is 12.6. The SMILES string of the molecule is O=C(NC1CC1)c1ccc(-c2cnc3c(NCC4CCCO4)nc(C4=CCOCC4)cn23)cc1Cl. The highest BCUT2D eigenvalue weighted by molar-refractivity contribution is 6.34. The molecule has 0 bridgehead atoms. The van der Waals surface area contributed by atoms with Gasteiger partial charge in [0.1, 0.15) is 0 Å². The first kappa shape index (κ1) is 22.5. The van der Waals surface area contributed by atoms with Crippen LogP contribution in [0.4, 0.5) is 5.82 Å². The van der Waals surface area contributed by atoms with Gasteiger partial charge in [-0.2, -0.15) is 0 Å². The molecular weight excluding hydrogens is 466 g/mol. The molecule has 3 aliphatic rings. The van der Waals surface area contributed by atoms with Crippen molar-refractivity contribution >= 4 is 34.5 Å². The number of amides is 1. The molecule has 3 aromatic rings. The van der Waals surface area contributed by atoms with Crippen molar-refractivity contribution in [3.63, 3.8) is 0 Å². The Hall–Kier alpha value is -2.94. The Morgan fingerprint density at radius 1 is 1.23 bits per heavy atom. The van der Waals surface area contributed by atoms with Crippen LogP contribution in [0.2, 0.25) is 5.02 Å². The second-order valence-corrected chi connectivity index (χ2v) is 9.73. The molecule has 1 unspecified atom stereocenters. The number of rotatable bonds is 7. The molecule has 9 heteroatoms. The number of nitrogens with zero attached hydrogens (tertiary/aromatic N) is 3. The van der Waals surface area contributed by atoms with Gasteiger partial charge in [-0.25, -0.2) is 9.97 Å². The molecule has 1 aromatic carbocycles. The zero-order chi connectivity index (χ0) is 23.8. The average Bonchev–Trinajstić information content (AvgIpc) is 3.35. The molecule has 0 spiro atoms. The maximum atomic E-state index is 12.5. The quantitative estimate of drug-likeness (QED) is 0.509. The molecule has 1 saturated heterocycles. The summed E-state index contributed by atoms with van der Waals surface area (Å²) in [4.78, 5) is 22.1. The van der Waals surface area contributed by atoms with Gasteiger partial charge >= 0.3 is 0 Å². The number of nitrogens with one attached hydrogen (secondary N) is 2. The van der Waals surface area contributed by atoms with E-state index in [4.69, 9.17) is 31.0 Å². The molecule has 35 heavy (non-hydrogen) atoms. The summed E-state index contributed by atoms with van der Waals surface area (Å²) >= 11 is 6.55. The number of imidazole rings is 1. The van der Waals surface area contributed by atoms with Crippen molar-refractivity contribution in [1.29, 1.82) is 0 Å². The van der Waals surface area contributed by atoms with E-state index in [0.717, 1.165) is 72.7 Å². The Bertz CT molecular complexity index is 1290. The molecule has 1 atom stereocenters. The van der Waals surface area contributed by atoms with Crippen LogP contribution in [-0.2, 0) is 9.47 Å². The van der Waals surface area contributed by atoms with Crippen LogP contribution in [0.1, 0.15) is 48.2 Å². The molecule has 2 N–H and O–H groups in total. The van der Waals surface area contributed by atoms with Crippen LogP contribution in [0, 0.1) is 0 Å². The van der Waals surface area contributed by atoms with Gasteiger partial charge in [-0.05, 0) is 49.8 Å². The number of carbonyl (C=O) groups is 1. The summed E-state index contributed by atoms with van der Waals surface area (Å²) in [5.41, 5.74) is 5.04. The molecule has 2 fully saturated rings. The average molecular weight is 494 g/mol. The summed E-state index contributed by atoms with van der Waals surface area (Å²) in [6, 6.07) is 5.82. The predicted octanol–water partition coefficient (Wildman–Crippen LogP) is 4.34. The Labute approximate surface area is 208 Å². The Morgan fingerprint density at radius 3 is 2.89 bits per heavy atom. The summed E-state index contributed by atoms with van der Waals surface area (Å²) in [6.07, 6.45) is 11.1. The molecule has 1 aliphatic carbocycles. The minimum Gasteiger partial charge on any atom is -0.377 e. The van der Waals surface area contributed by atoms with Gasteiger partial charge in [0.05, 0.1) is 47.5 Å². The monoisotopic (exact) mass is 493 g/mol. The molecule has 182 valence electrons. The van der Waals surface area contributed by atoms with Gasteiger partial charge in [0.2, 0.25) is 0 Å². The van der Waals surface area contributed by atoms with Gasteiger partial charge in [0, 0.05) is 31.0 Å². The molecule has 6 rings (SSSR count). The molecule has 1 amide bonds. The lowest BCUT2D eigenvalue weighted by Crippen LogP contribution is -2.25. The summed E-state index contributed by atoms with van der Waals surface area (Å²) in [5.74, 6) is 0.601. The van der Waals surface area contributed by atoms with E-state index in [1.165, 1.54) is 0 Å². The first-order valence-electron chi connectivity index (χ1n) is 12.3. The third kappa shape index (κ3) is 4.78. The molecular formula is C26H28ClN5O3. The van der Waals surface area contributed by atoms with Crippen LogP contribution in [0.5, 0.6) is 0 Å². The lowest BCUT2D eigenvalue weighted by Gasteiger charge is -2.17. The third-order valence-corrected chi connectivity index (χ3v) is 7.04. The van der Waals surface area contributed by atoms with E-state index in [2.05, 4.69) is 16.7 Å². The number of anilines is 1. The van der Waals surface area contributed by atoms with Crippen LogP contribution >= 0.6 is 11.6 Å². The summed E-state index contributed by atoms with van der Waals surface area (Å²) in [5, 5.41) is 6.90. The van der Waals surface area contributed by atoms with E-state index in [0.29, 0.717) is 30.3 Å². The minimum atomic E-state index is -0.124. The second-order valence-electron chi connectivity index (χ2n) is 9.32. The minimum absolute atomic E-state index is 0.124. The molecule has 0 radical (unpaired) electrons. The van der Waals surface area contributed by atoms with E-state index in [1.807, 2.05) is 28.9 Å². The van der Waals surface area contributed by atoms with Crippen LogP contribution < -0.4 is 10.6 Å². The highest BCUT2D eigenvalue weighted by Gasteiger charge is 2.25. The molecule has 2 aliphatic heterocycles. The van der Waals surface area contributed by atoms with Crippen LogP contribution in [0.15, 0.2) is 36.7 Å². The van der Waals surface area contributed by atoms with Crippen LogP contribution in [-0.4, -0.2) is 58.8 Å². The normalized spacial score (nSPS) is 20.1. The first-order chi connectivity index (χ1) is 17.2. The number of ether oxygens (including phenoxy) is 2. The zero-order valence-corrected chi connectivity index (χ0v) is 20.2. The van der Waals surface area contributed by atoms with E-state index >= 15 is 0 Å². The molecule has 8 nitrogen and oxygen atoms in total. The predicted molar refractivity (Wildman–Crippen MR) is 135 cm³/mol. The topological polar surface area (TPSA) is 89.8 Å². The van der Waals surface area contributed by atoms with Gasteiger partial charge in [-0.3, -0.25) is 9.20 Å². The van der Waals surface area contributed by atoms with Crippen LogP contribution in [0.25, 0.3) is 22.5 Å². The number of halogens is 1. The Kier molecular flexibility index (Phi) is 6.18. The number of aromatic nitrogens is 3. The summed E-state index contributed by atoms with van der Waals surface area (Å²) < 4.78 is 13.3. The number of hydrogen-bond donors (Lipinski definition) is 2. The van der Waals surface area contributed by atoms with Crippen LogP contribution in [0.3, 0.4) is 0 Å². The lowest BCUT2D eigenvalue weighted by molar-refractivity contribution is 0.0951. The lowest BCUT2D eigenvalue weighted by atomic mass is 10.1. The molecule has 4 heterocycles. The Morgan fingerprint density at radius 2 is 2.14 bits per heavy atom.